The first-order chi connectivity index (χ1) is 12.5. The van der Waals surface area contributed by atoms with Crippen molar-refractivity contribution in [2.24, 2.45) is 0 Å². The van der Waals surface area contributed by atoms with Crippen molar-refractivity contribution in [3.8, 4) is 5.75 Å². The number of unbranched alkanes of at least 4 members (excludes halogenated alkanes) is 2. The first-order valence-electron chi connectivity index (χ1n) is 8.92. The number of aryl methyl sites for hydroxylation is 2. The zero-order chi connectivity index (χ0) is 18.9. The Balaban J connectivity index is 1.86. The minimum Gasteiger partial charge on any atom is -0.494 e. The van der Waals surface area contributed by atoms with E-state index < -0.39 is 0 Å². The van der Waals surface area contributed by atoms with E-state index >= 15 is 0 Å². The smallest absolute Gasteiger partial charge is 0.257 e. The van der Waals surface area contributed by atoms with Crippen molar-refractivity contribution in [2.45, 2.75) is 40.0 Å². The number of nitrogens with one attached hydrogen (secondary N) is 2. The molecular formula is C21H26N2O2S. The Bertz CT molecular complexity index is 757. The van der Waals surface area contributed by atoms with Gasteiger partial charge in [0.1, 0.15) is 5.75 Å². The molecule has 138 valence electrons. The van der Waals surface area contributed by atoms with Crippen molar-refractivity contribution in [1.82, 2.24) is 5.32 Å². The first kappa shape index (κ1) is 19.9. The quantitative estimate of drug-likeness (QED) is 0.532. The van der Waals surface area contributed by atoms with E-state index in [0.717, 1.165) is 24.3 Å². The highest BCUT2D eigenvalue weighted by atomic mass is 32.1. The molecule has 2 aromatic rings. The lowest BCUT2D eigenvalue weighted by molar-refractivity contribution is 0.0977. The van der Waals surface area contributed by atoms with Crippen molar-refractivity contribution < 1.29 is 9.53 Å². The van der Waals surface area contributed by atoms with Crippen LogP contribution in [-0.2, 0) is 0 Å². The van der Waals surface area contributed by atoms with E-state index in [1.54, 1.807) is 24.3 Å². The molecule has 5 heteroatoms. The van der Waals surface area contributed by atoms with E-state index in [2.05, 4.69) is 24.5 Å². The number of carbonyl (C=O) groups is 1. The normalized spacial score (nSPS) is 10.3. The number of ether oxygens (including phenoxy) is 1. The van der Waals surface area contributed by atoms with E-state index in [0.29, 0.717) is 12.2 Å². The number of benzene rings is 2. The fourth-order valence-electron chi connectivity index (χ4n) is 2.40. The van der Waals surface area contributed by atoms with Crippen LogP contribution in [0.1, 0.15) is 47.7 Å². The molecule has 0 unspecified atom stereocenters. The van der Waals surface area contributed by atoms with Gasteiger partial charge in [-0.2, -0.15) is 0 Å². The van der Waals surface area contributed by atoms with Gasteiger partial charge < -0.3 is 10.1 Å². The molecule has 0 saturated heterocycles. The maximum absolute atomic E-state index is 12.3. The Hall–Kier alpha value is -2.40. The number of hydrogen-bond donors (Lipinski definition) is 2. The van der Waals surface area contributed by atoms with Crippen molar-refractivity contribution in [3.05, 3.63) is 59.2 Å². The van der Waals surface area contributed by atoms with E-state index in [4.69, 9.17) is 17.0 Å². The van der Waals surface area contributed by atoms with Gasteiger partial charge in [0.15, 0.2) is 5.11 Å². The number of hydrogen-bond acceptors (Lipinski definition) is 3. The van der Waals surface area contributed by atoms with Gasteiger partial charge in [-0.3, -0.25) is 10.1 Å². The van der Waals surface area contributed by atoms with Gasteiger partial charge >= 0.3 is 0 Å². The summed E-state index contributed by atoms with van der Waals surface area (Å²) in [5.74, 6) is 0.525. The van der Waals surface area contributed by atoms with Crippen molar-refractivity contribution >= 4 is 28.9 Å². The SMILES string of the molecule is CCCCCOc1ccc(C(=O)NC(=S)Nc2ccc(C)c(C)c2)cc1. The average Bonchev–Trinajstić information content (AvgIpc) is 2.62. The lowest BCUT2D eigenvalue weighted by Gasteiger charge is -2.11. The molecule has 0 heterocycles. The predicted octanol–water partition coefficient (Wildman–Crippen LogP) is 5.00. The monoisotopic (exact) mass is 370 g/mol. The van der Waals surface area contributed by atoms with Gasteiger partial charge in [0, 0.05) is 11.3 Å². The van der Waals surface area contributed by atoms with Crippen LogP contribution in [0.5, 0.6) is 5.75 Å². The highest BCUT2D eigenvalue weighted by Gasteiger charge is 2.08. The van der Waals surface area contributed by atoms with Crippen molar-refractivity contribution in [1.29, 1.82) is 0 Å². The van der Waals surface area contributed by atoms with Gasteiger partial charge in [0.25, 0.3) is 5.91 Å². The lowest BCUT2D eigenvalue weighted by Crippen LogP contribution is -2.34. The van der Waals surface area contributed by atoms with Crippen LogP contribution in [0.15, 0.2) is 42.5 Å². The van der Waals surface area contributed by atoms with Crippen LogP contribution in [0.3, 0.4) is 0 Å². The van der Waals surface area contributed by atoms with Gasteiger partial charge in [0.2, 0.25) is 0 Å². The molecule has 2 rings (SSSR count). The summed E-state index contributed by atoms with van der Waals surface area (Å²) in [6.45, 7) is 6.94. The number of anilines is 1. The van der Waals surface area contributed by atoms with Gasteiger partial charge in [-0.1, -0.05) is 25.8 Å². The minimum absolute atomic E-state index is 0.246. The summed E-state index contributed by atoms with van der Waals surface area (Å²) < 4.78 is 5.65. The number of carbonyl (C=O) groups excluding carboxylic acids is 1. The van der Waals surface area contributed by atoms with Crippen LogP contribution in [0.2, 0.25) is 0 Å². The Kier molecular flexibility index (Phi) is 7.60. The fraction of sp³-hybridized carbons (Fsp3) is 0.333. The van der Waals surface area contributed by atoms with Gasteiger partial charge in [-0.15, -0.1) is 0 Å². The molecule has 0 fully saturated rings. The maximum Gasteiger partial charge on any atom is 0.257 e. The second-order valence-corrected chi connectivity index (χ2v) is 6.70. The highest BCUT2D eigenvalue weighted by Crippen LogP contribution is 2.15. The first-order valence-corrected chi connectivity index (χ1v) is 9.33. The highest BCUT2D eigenvalue weighted by molar-refractivity contribution is 7.80. The molecule has 1 amide bonds. The zero-order valence-corrected chi connectivity index (χ0v) is 16.4. The molecule has 2 aromatic carbocycles. The van der Waals surface area contributed by atoms with Crippen LogP contribution in [0.25, 0.3) is 0 Å². The van der Waals surface area contributed by atoms with Crippen LogP contribution >= 0.6 is 12.2 Å². The van der Waals surface area contributed by atoms with Gasteiger partial charge in [-0.05, 0) is 80.0 Å². The second kappa shape index (κ2) is 9.92. The Morgan fingerprint density at radius 1 is 1.04 bits per heavy atom. The summed E-state index contributed by atoms with van der Waals surface area (Å²) in [5, 5.41) is 6.01. The molecule has 0 aromatic heterocycles. The van der Waals surface area contributed by atoms with E-state index in [-0.39, 0.29) is 11.0 Å². The molecule has 0 radical (unpaired) electrons. The second-order valence-electron chi connectivity index (χ2n) is 6.29. The van der Waals surface area contributed by atoms with Crippen LogP contribution in [0.4, 0.5) is 5.69 Å². The largest absolute Gasteiger partial charge is 0.494 e. The molecule has 0 spiro atoms. The molecule has 4 nitrogen and oxygen atoms in total. The molecule has 0 aliphatic carbocycles. The van der Waals surface area contributed by atoms with E-state index in [9.17, 15) is 4.79 Å². The molecule has 26 heavy (non-hydrogen) atoms. The summed E-state index contributed by atoms with van der Waals surface area (Å²) in [6, 6.07) is 13.0. The maximum atomic E-state index is 12.3. The van der Waals surface area contributed by atoms with Crippen molar-refractivity contribution in [2.75, 3.05) is 11.9 Å². The predicted molar refractivity (Wildman–Crippen MR) is 111 cm³/mol. The van der Waals surface area contributed by atoms with Crippen LogP contribution in [-0.4, -0.2) is 17.6 Å². The molecule has 0 aliphatic heterocycles. The summed E-state index contributed by atoms with van der Waals surface area (Å²) in [7, 11) is 0. The lowest BCUT2D eigenvalue weighted by atomic mass is 10.1. The van der Waals surface area contributed by atoms with Crippen LogP contribution in [0, 0.1) is 13.8 Å². The Morgan fingerprint density at radius 2 is 1.77 bits per heavy atom. The fourth-order valence-corrected chi connectivity index (χ4v) is 2.61. The molecular weight excluding hydrogens is 344 g/mol. The summed E-state index contributed by atoms with van der Waals surface area (Å²) >= 11 is 5.23. The number of amides is 1. The standard InChI is InChI=1S/C21H26N2O2S/c1-4-5-6-13-25-19-11-8-17(9-12-19)20(24)23-21(26)22-18-10-7-15(2)16(3)14-18/h7-12,14H,4-6,13H2,1-3H3,(H2,22,23,24,26). The summed E-state index contributed by atoms with van der Waals surface area (Å²) in [4.78, 5) is 12.3. The van der Waals surface area contributed by atoms with Gasteiger partial charge in [-0.25, -0.2) is 0 Å². The third-order valence-electron chi connectivity index (χ3n) is 4.12. The Labute approximate surface area is 161 Å². The van der Waals surface area contributed by atoms with E-state index in [1.807, 2.05) is 25.1 Å². The summed E-state index contributed by atoms with van der Waals surface area (Å²) in [6.07, 6.45) is 3.36. The molecule has 2 N–H and O–H groups in total. The third-order valence-corrected chi connectivity index (χ3v) is 4.33. The van der Waals surface area contributed by atoms with Gasteiger partial charge in [0.05, 0.1) is 6.61 Å². The third kappa shape index (κ3) is 6.15. The summed E-state index contributed by atoms with van der Waals surface area (Å²) in [5.41, 5.74) is 3.77. The number of rotatable bonds is 7. The molecule has 0 atom stereocenters. The molecule has 0 saturated carbocycles. The topological polar surface area (TPSA) is 50.4 Å². The molecule has 0 aliphatic rings. The molecule has 0 bridgehead atoms. The zero-order valence-electron chi connectivity index (χ0n) is 15.6. The van der Waals surface area contributed by atoms with Crippen LogP contribution < -0.4 is 15.4 Å². The number of thiocarbonyl (C=S) groups is 1. The van der Waals surface area contributed by atoms with Crippen molar-refractivity contribution in [3.63, 3.8) is 0 Å². The average molecular weight is 371 g/mol. The minimum atomic E-state index is -0.246. The van der Waals surface area contributed by atoms with E-state index in [1.165, 1.54) is 17.5 Å². The Morgan fingerprint density at radius 3 is 2.42 bits per heavy atom.